The highest BCUT2D eigenvalue weighted by atomic mass is 19.1. The van der Waals surface area contributed by atoms with Gasteiger partial charge in [-0.15, -0.1) is 0 Å². The first-order chi connectivity index (χ1) is 13.1. The van der Waals surface area contributed by atoms with Crippen molar-refractivity contribution in [3.05, 3.63) is 36.2 Å². The van der Waals surface area contributed by atoms with E-state index in [1.807, 2.05) is 0 Å². The van der Waals surface area contributed by atoms with Crippen LogP contribution in [-0.4, -0.2) is 53.4 Å². The van der Waals surface area contributed by atoms with E-state index >= 15 is 0 Å². The van der Waals surface area contributed by atoms with E-state index in [9.17, 15) is 13.6 Å². The number of carbonyl (C=O) groups excluding carboxylic acids is 1. The van der Waals surface area contributed by atoms with Crippen molar-refractivity contribution in [1.82, 2.24) is 15.0 Å². The van der Waals surface area contributed by atoms with E-state index in [1.54, 1.807) is 22.1 Å². The van der Waals surface area contributed by atoms with Crippen molar-refractivity contribution in [2.75, 3.05) is 36.0 Å². The second kappa shape index (κ2) is 7.10. The third-order valence-corrected chi connectivity index (χ3v) is 4.99. The highest BCUT2D eigenvalue weighted by Gasteiger charge is 2.33. The van der Waals surface area contributed by atoms with E-state index in [1.165, 1.54) is 17.0 Å². The van der Waals surface area contributed by atoms with Gasteiger partial charge >= 0.3 is 6.09 Å². The number of rotatable bonds is 4. The van der Waals surface area contributed by atoms with Crippen molar-refractivity contribution >= 4 is 17.5 Å². The first kappa shape index (κ1) is 17.7. The number of ether oxygens (including phenoxy) is 1. The summed E-state index contributed by atoms with van der Waals surface area (Å²) in [5.74, 6) is -1.41. The molecule has 2 aliphatic heterocycles. The summed E-state index contributed by atoms with van der Waals surface area (Å²) in [5.41, 5.74) is 5.55. The SMILES string of the molecule is NCC1CN(c2cc(F)c(N3CCC(n4nccn4)CC3)c(F)c2)C(=O)O1. The van der Waals surface area contributed by atoms with Crippen LogP contribution >= 0.6 is 0 Å². The van der Waals surface area contributed by atoms with Crippen LogP contribution in [0.1, 0.15) is 18.9 Å². The zero-order valence-electron chi connectivity index (χ0n) is 14.6. The van der Waals surface area contributed by atoms with E-state index in [4.69, 9.17) is 10.5 Å². The topological polar surface area (TPSA) is 89.5 Å². The summed E-state index contributed by atoms with van der Waals surface area (Å²) >= 11 is 0. The van der Waals surface area contributed by atoms with Crippen LogP contribution in [-0.2, 0) is 4.74 Å². The van der Waals surface area contributed by atoms with E-state index in [-0.39, 0.29) is 30.5 Å². The molecule has 144 valence electrons. The second-order valence-corrected chi connectivity index (χ2v) is 6.68. The monoisotopic (exact) mass is 378 g/mol. The summed E-state index contributed by atoms with van der Waals surface area (Å²) in [7, 11) is 0. The Bertz CT molecular complexity index is 800. The second-order valence-electron chi connectivity index (χ2n) is 6.68. The summed E-state index contributed by atoms with van der Waals surface area (Å²) in [6.07, 6.45) is 3.48. The molecule has 0 aliphatic carbocycles. The minimum absolute atomic E-state index is 0.0754. The minimum Gasteiger partial charge on any atom is -0.443 e. The predicted octanol–water partition coefficient (Wildman–Crippen LogP) is 1.68. The van der Waals surface area contributed by atoms with Gasteiger partial charge in [0.15, 0.2) is 11.6 Å². The number of amides is 1. The normalized spacial score (nSPS) is 21.0. The number of cyclic esters (lactones) is 1. The maximum atomic E-state index is 14.7. The van der Waals surface area contributed by atoms with Crippen LogP contribution in [0.3, 0.4) is 0 Å². The largest absolute Gasteiger partial charge is 0.443 e. The Labute approximate surface area is 154 Å². The maximum Gasteiger partial charge on any atom is 0.414 e. The molecular weight excluding hydrogens is 358 g/mol. The molecule has 0 radical (unpaired) electrons. The predicted molar refractivity (Wildman–Crippen MR) is 93.5 cm³/mol. The van der Waals surface area contributed by atoms with E-state index < -0.39 is 23.8 Å². The molecule has 0 saturated carbocycles. The number of halogens is 2. The fraction of sp³-hybridized carbons (Fsp3) is 0.471. The summed E-state index contributed by atoms with van der Waals surface area (Å²) < 4.78 is 34.5. The Morgan fingerprint density at radius 1 is 1.15 bits per heavy atom. The number of hydrogen-bond donors (Lipinski definition) is 1. The summed E-state index contributed by atoms with van der Waals surface area (Å²) in [5, 5.41) is 8.26. The van der Waals surface area contributed by atoms with Crippen LogP contribution in [0.25, 0.3) is 0 Å². The van der Waals surface area contributed by atoms with Gasteiger partial charge in [-0.1, -0.05) is 0 Å². The molecule has 1 atom stereocenters. The minimum atomic E-state index is -0.704. The average Bonchev–Trinajstić information content (AvgIpc) is 3.31. The summed E-state index contributed by atoms with van der Waals surface area (Å²) in [6.45, 7) is 1.31. The molecule has 2 aromatic rings. The number of hydrogen-bond acceptors (Lipinski definition) is 6. The zero-order chi connectivity index (χ0) is 19.0. The van der Waals surface area contributed by atoms with Crippen LogP contribution in [0, 0.1) is 11.6 Å². The molecule has 2 N–H and O–H groups in total. The lowest BCUT2D eigenvalue weighted by Crippen LogP contribution is -2.36. The Morgan fingerprint density at radius 2 is 1.78 bits per heavy atom. The van der Waals surface area contributed by atoms with Gasteiger partial charge in [0.25, 0.3) is 0 Å². The number of carbonyl (C=O) groups is 1. The molecule has 27 heavy (non-hydrogen) atoms. The molecule has 10 heteroatoms. The Morgan fingerprint density at radius 3 is 2.33 bits per heavy atom. The Balaban J connectivity index is 1.50. The van der Waals surface area contributed by atoms with E-state index in [2.05, 4.69) is 10.2 Å². The van der Waals surface area contributed by atoms with Crippen molar-refractivity contribution in [1.29, 1.82) is 0 Å². The Kier molecular flexibility index (Phi) is 4.65. The smallest absolute Gasteiger partial charge is 0.414 e. The highest BCUT2D eigenvalue weighted by Crippen LogP contribution is 2.33. The molecule has 1 unspecified atom stereocenters. The fourth-order valence-corrected chi connectivity index (χ4v) is 3.60. The molecule has 1 aromatic heterocycles. The maximum absolute atomic E-state index is 14.7. The van der Waals surface area contributed by atoms with Crippen LogP contribution in [0.5, 0.6) is 0 Å². The van der Waals surface area contributed by atoms with Gasteiger partial charge in [-0.2, -0.15) is 15.0 Å². The third-order valence-electron chi connectivity index (χ3n) is 4.99. The molecule has 2 fully saturated rings. The van der Waals surface area contributed by atoms with Crippen LogP contribution in [0.2, 0.25) is 0 Å². The summed E-state index contributed by atoms with van der Waals surface area (Å²) in [6, 6.07) is 2.45. The fourth-order valence-electron chi connectivity index (χ4n) is 3.60. The average molecular weight is 378 g/mol. The standard InChI is InChI=1S/C17H20F2N6O2/c18-14-7-12(24-10-13(9-20)27-17(24)26)8-15(19)16(14)23-5-1-11(2-6-23)25-21-3-4-22-25/h3-4,7-8,11,13H,1-2,5-6,9-10,20H2. The first-order valence-electron chi connectivity index (χ1n) is 8.85. The number of benzene rings is 1. The van der Waals surface area contributed by atoms with Gasteiger partial charge in [0.05, 0.1) is 30.7 Å². The quantitative estimate of drug-likeness (QED) is 0.871. The zero-order valence-corrected chi connectivity index (χ0v) is 14.6. The number of nitrogens with zero attached hydrogens (tertiary/aromatic N) is 5. The molecule has 2 saturated heterocycles. The Hall–Kier alpha value is -2.75. The number of nitrogens with two attached hydrogens (primary N) is 1. The van der Waals surface area contributed by atoms with Gasteiger partial charge in [-0.25, -0.2) is 13.6 Å². The highest BCUT2D eigenvalue weighted by molar-refractivity contribution is 5.90. The van der Waals surface area contributed by atoms with Gasteiger partial charge in [0, 0.05) is 31.8 Å². The van der Waals surface area contributed by atoms with Crippen LogP contribution in [0.15, 0.2) is 24.5 Å². The van der Waals surface area contributed by atoms with E-state index in [0.717, 1.165) is 0 Å². The molecular formula is C17H20F2N6O2. The van der Waals surface area contributed by atoms with Gasteiger partial charge in [-0.3, -0.25) is 4.90 Å². The molecule has 4 rings (SSSR count). The molecule has 3 heterocycles. The summed E-state index contributed by atoms with van der Waals surface area (Å²) in [4.78, 5) is 16.4. The van der Waals surface area contributed by atoms with Crippen LogP contribution in [0.4, 0.5) is 25.0 Å². The van der Waals surface area contributed by atoms with Gasteiger partial charge in [0.2, 0.25) is 0 Å². The first-order valence-corrected chi connectivity index (χ1v) is 8.85. The number of anilines is 2. The lowest BCUT2D eigenvalue weighted by atomic mass is 10.0. The van der Waals surface area contributed by atoms with Gasteiger partial charge in [-0.05, 0) is 12.8 Å². The number of piperidine rings is 1. The number of aromatic nitrogens is 3. The lowest BCUT2D eigenvalue weighted by molar-refractivity contribution is 0.145. The van der Waals surface area contributed by atoms with Crippen LogP contribution < -0.4 is 15.5 Å². The lowest BCUT2D eigenvalue weighted by Gasteiger charge is -2.33. The van der Waals surface area contributed by atoms with Gasteiger partial charge < -0.3 is 15.4 Å². The van der Waals surface area contributed by atoms with Gasteiger partial charge in [0.1, 0.15) is 11.8 Å². The molecule has 1 aromatic carbocycles. The van der Waals surface area contributed by atoms with Crippen molar-refractivity contribution in [3.8, 4) is 0 Å². The molecule has 0 bridgehead atoms. The molecule has 2 aliphatic rings. The van der Waals surface area contributed by atoms with Crippen molar-refractivity contribution < 1.29 is 18.3 Å². The van der Waals surface area contributed by atoms with Crippen molar-refractivity contribution in [2.24, 2.45) is 5.73 Å². The molecule has 8 nitrogen and oxygen atoms in total. The van der Waals surface area contributed by atoms with E-state index in [0.29, 0.717) is 25.9 Å². The third kappa shape index (κ3) is 3.32. The van der Waals surface area contributed by atoms with Crippen molar-refractivity contribution in [3.63, 3.8) is 0 Å². The molecule has 0 spiro atoms. The molecule has 1 amide bonds. The van der Waals surface area contributed by atoms with Crippen molar-refractivity contribution in [2.45, 2.75) is 25.0 Å².